The van der Waals surface area contributed by atoms with E-state index in [0.29, 0.717) is 60.6 Å². The van der Waals surface area contributed by atoms with Gasteiger partial charge in [0.05, 0.1) is 27.4 Å². The van der Waals surface area contributed by atoms with Crippen LogP contribution in [-0.4, -0.2) is 68.8 Å². The maximum Gasteiger partial charge on any atom is 0.328 e. The zero-order chi connectivity index (χ0) is 34.8. The molecule has 4 heterocycles. The van der Waals surface area contributed by atoms with E-state index < -0.39 is 11.7 Å². The lowest BCUT2D eigenvalue weighted by Gasteiger charge is -2.25. The van der Waals surface area contributed by atoms with Gasteiger partial charge in [0, 0.05) is 25.2 Å². The highest BCUT2D eigenvalue weighted by atomic mass is 16.5. The van der Waals surface area contributed by atoms with Gasteiger partial charge < -0.3 is 34.1 Å². The number of nitrogens with zero attached hydrogens (tertiary/aromatic N) is 5. The Kier molecular flexibility index (Phi) is 8.94. The molecule has 0 spiro atoms. The van der Waals surface area contributed by atoms with Crippen molar-refractivity contribution in [3.8, 4) is 17.5 Å². The van der Waals surface area contributed by atoms with E-state index in [1.807, 2.05) is 66.7 Å². The Hall–Kier alpha value is -6.11. The van der Waals surface area contributed by atoms with E-state index in [9.17, 15) is 19.5 Å². The Morgan fingerprint density at radius 3 is 2.26 bits per heavy atom. The van der Waals surface area contributed by atoms with E-state index >= 15 is 0 Å². The van der Waals surface area contributed by atoms with Crippen molar-refractivity contribution in [2.75, 3.05) is 32.3 Å². The number of anilines is 1. The molecular formula is C37H36N6O7. The third-order valence-corrected chi connectivity index (χ3v) is 8.90. The van der Waals surface area contributed by atoms with Crippen LogP contribution in [0.5, 0.6) is 17.5 Å². The summed E-state index contributed by atoms with van der Waals surface area (Å²) in [5.41, 5.74) is 5.28. The average Bonchev–Trinajstić information content (AvgIpc) is 3.60. The number of methoxy groups -OCH3 is 2. The summed E-state index contributed by atoms with van der Waals surface area (Å²) < 4.78 is 18.4. The molecule has 0 aliphatic carbocycles. The molecule has 0 unspecified atom stereocenters. The third-order valence-electron chi connectivity index (χ3n) is 8.90. The zero-order valence-electron chi connectivity index (χ0n) is 27.7. The van der Waals surface area contributed by atoms with Gasteiger partial charge in [0.25, 0.3) is 5.91 Å². The fourth-order valence-electron chi connectivity index (χ4n) is 6.45. The maximum absolute atomic E-state index is 13.7. The Morgan fingerprint density at radius 2 is 1.62 bits per heavy atom. The smallest absolute Gasteiger partial charge is 0.328 e. The fourth-order valence-corrected chi connectivity index (χ4v) is 6.45. The molecule has 0 saturated carbocycles. The summed E-state index contributed by atoms with van der Waals surface area (Å²) in [6.07, 6.45) is 5.12. The first-order valence-corrected chi connectivity index (χ1v) is 16.2. The van der Waals surface area contributed by atoms with Gasteiger partial charge in [0.1, 0.15) is 23.6 Å². The molecule has 13 heteroatoms. The number of hydrogen-bond donors (Lipinski definition) is 2. The van der Waals surface area contributed by atoms with Gasteiger partial charge in [-0.2, -0.15) is 9.97 Å². The van der Waals surface area contributed by atoms with Gasteiger partial charge in [0.15, 0.2) is 11.5 Å². The van der Waals surface area contributed by atoms with Crippen molar-refractivity contribution in [3.05, 3.63) is 117 Å². The summed E-state index contributed by atoms with van der Waals surface area (Å²) in [7, 11) is 3.25. The maximum atomic E-state index is 13.7. The summed E-state index contributed by atoms with van der Waals surface area (Å²) in [5.74, 6) is 0.561. The van der Waals surface area contributed by atoms with Crippen LogP contribution in [0.3, 0.4) is 0 Å². The average molecular weight is 677 g/mol. The number of aliphatic carboxylic acids is 1. The number of rotatable bonds is 9. The van der Waals surface area contributed by atoms with E-state index in [1.54, 1.807) is 20.3 Å². The predicted octanol–water partition coefficient (Wildman–Crippen LogP) is 4.31. The van der Waals surface area contributed by atoms with Crippen LogP contribution in [0.15, 0.2) is 77.6 Å². The number of benzene rings is 3. The first kappa shape index (κ1) is 32.4. The molecule has 50 heavy (non-hydrogen) atoms. The quantitative estimate of drug-likeness (QED) is 0.216. The number of aromatic amines is 1. The van der Waals surface area contributed by atoms with Crippen LogP contribution in [-0.2, 0) is 37.4 Å². The van der Waals surface area contributed by atoms with E-state index in [-0.39, 0.29) is 31.6 Å². The van der Waals surface area contributed by atoms with E-state index in [1.165, 1.54) is 9.47 Å². The number of carbonyl (C=O) groups excluding carboxylic acids is 1. The summed E-state index contributed by atoms with van der Waals surface area (Å²) in [6, 6.07) is 19.4. The molecule has 7 rings (SSSR count). The number of allylic oxidation sites excluding steroid dienone is 1. The lowest BCUT2D eigenvalue weighted by molar-refractivity contribution is -0.137. The lowest BCUT2D eigenvalue weighted by Crippen LogP contribution is -2.29. The minimum Gasteiger partial charge on any atom is -0.497 e. The number of hydrogen-bond acceptors (Lipinski definition) is 9. The number of H-pyrrole nitrogens is 1. The molecule has 2 aromatic heterocycles. The molecule has 4 bridgehead atoms. The van der Waals surface area contributed by atoms with Crippen molar-refractivity contribution < 1.29 is 28.9 Å². The third kappa shape index (κ3) is 6.62. The van der Waals surface area contributed by atoms with Crippen molar-refractivity contribution >= 4 is 28.9 Å². The summed E-state index contributed by atoms with van der Waals surface area (Å²) in [4.78, 5) is 54.5. The highest BCUT2D eigenvalue weighted by molar-refractivity contribution is 6.00. The molecule has 3 aromatic carbocycles. The van der Waals surface area contributed by atoms with Crippen LogP contribution in [0.2, 0.25) is 0 Å². The summed E-state index contributed by atoms with van der Waals surface area (Å²) in [6.45, 7) is 1.14. The first-order valence-electron chi connectivity index (χ1n) is 16.2. The van der Waals surface area contributed by atoms with E-state index in [4.69, 9.17) is 24.2 Å². The SMILES string of the molecule is COc1ccc(CN(Cc2ccc(OC)cc2)c2nc3nc4c2[nH]c(=O)n4Cc2cc(c4c(c2)C(=O)N(CC(=O)O)C4)CC=CCCO3)cc1. The van der Waals surface area contributed by atoms with Crippen LogP contribution < -0.4 is 24.8 Å². The molecule has 13 nitrogen and oxygen atoms in total. The van der Waals surface area contributed by atoms with Crippen molar-refractivity contribution in [2.45, 2.75) is 39.0 Å². The van der Waals surface area contributed by atoms with Crippen molar-refractivity contribution in [3.63, 3.8) is 0 Å². The molecule has 1 amide bonds. The summed E-state index contributed by atoms with van der Waals surface area (Å²) in [5, 5.41) is 9.39. The number of carbonyl (C=O) groups is 2. The highest BCUT2D eigenvalue weighted by Gasteiger charge is 2.31. The Balaban J connectivity index is 1.34. The number of fused-ring (bicyclic) bond motifs is 5. The minimum atomic E-state index is -1.07. The van der Waals surface area contributed by atoms with E-state index in [0.717, 1.165) is 33.8 Å². The van der Waals surface area contributed by atoms with Gasteiger partial charge in [-0.15, -0.1) is 0 Å². The van der Waals surface area contributed by atoms with Crippen LogP contribution in [0.25, 0.3) is 11.2 Å². The Bertz CT molecular complexity index is 2110. The second kappa shape index (κ2) is 13.8. The number of ether oxygens (including phenoxy) is 3. The van der Waals surface area contributed by atoms with Crippen LogP contribution in [0, 0.1) is 0 Å². The second-order valence-electron chi connectivity index (χ2n) is 12.2. The number of aromatic nitrogens is 4. The molecule has 2 aliphatic rings. The monoisotopic (exact) mass is 676 g/mol. The predicted molar refractivity (Wildman–Crippen MR) is 185 cm³/mol. The summed E-state index contributed by atoms with van der Waals surface area (Å²) >= 11 is 0. The molecule has 5 aromatic rings. The van der Waals surface area contributed by atoms with Gasteiger partial charge in [-0.05, 0) is 71.0 Å². The van der Waals surface area contributed by atoms with Gasteiger partial charge in [0.2, 0.25) is 0 Å². The zero-order valence-corrected chi connectivity index (χ0v) is 27.7. The van der Waals surface area contributed by atoms with E-state index in [2.05, 4.69) is 9.88 Å². The molecule has 0 radical (unpaired) electrons. The van der Waals surface area contributed by atoms with Crippen LogP contribution >= 0.6 is 0 Å². The van der Waals surface area contributed by atoms with Gasteiger partial charge in [-0.3, -0.25) is 14.2 Å². The van der Waals surface area contributed by atoms with Crippen LogP contribution in [0.1, 0.15) is 44.6 Å². The normalized spacial score (nSPS) is 14.0. The lowest BCUT2D eigenvalue weighted by atomic mass is 9.97. The van der Waals surface area contributed by atoms with Gasteiger partial charge in [-0.1, -0.05) is 42.5 Å². The second-order valence-corrected chi connectivity index (χ2v) is 12.2. The van der Waals surface area contributed by atoms with Gasteiger partial charge >= 0.3 is 17.7 Å². The van der Waals surface area contributed by atoms with Crippen molar-refractivity contribution in [2.24, 2.45) is 0 Å². The fraction of sp³-hybridized carbons (Fsp3) is 0.270. The minimum absolute atomic E-state index is 0.113. The molecule has 256 valence electrons. The molecular weight excluding hydrogens is 640 g/mol. The Morgan fingerprint density at radius 1 is 0.940 bits per heavy atom. The number of imidazole rings is 1. The van der Waals surface area contributed by atoms with Crippen LogP contribution in [0.4, 0.5) is 5.82 Å². The largest absolute Gasteiger partial charge is 0.497 e. The number of amides is 1. The molecule has 0 atom stereocenters. The molecule has 0 saturated heterocycles. The molecule has 2 N–H and O–H groups in total. The van der Waals surface area contributed by atoms with Gasteiger partial charge in [-0.25, -0.2) is 4.79 Å². The number of carboxylic acid groups (broad SMARTS) is 1. The molecule has 0 fully saturated rings. The highest BCUT2D eigenvalue weighted by Crippen LogP contribution is 2.31. The first-order chi connectivity index (χ1) is 24.3. The van der Waals surface area contributed by atoms with Crippen molar-refractivity contribution in [1.29, 1.82) is 0 Å². The number of nitrogens with one attached hydrogen (secondary N) is 1. The number of carboxylic acids is 1. The Labute approximate surface area is 287 Å². The topological polar surface area (TPSA) is 152 Å². The van der Waals surface area contributed by atoms with Crippen molar-refractivity contribution in [1.82, 2.24) is 24.4 Å². The standard InChI is InChI=1S/C37H36N6O7/c1-48-27-11-7-23(8-12-27)18-41(19-24-9-13-28(49-2)14-10-24)33-32-34-40-36(39-33)50-15-5-3-4-6-26-16-25(20-43(34)37(47)38-32)17-29-30(26)21-42(35(29)46)22-31(44)45/h3-4,7-14,16-17H,5-6,15,18-22H2,1-2H3,(H,38,47)(H,44,45). The molecule has 2 aliphatic heterocycles.